The van der Waals surface area contributed by atoms with Crippen LogP contribution >= 0.6 is 27.3 Å². The maximum absolute atomic E-state index is 14.5. The van der Waals surface area contributed by atoms with E-state index >= 15 is 0 Å². The molecule has 3 rings (SSSR count). The summed E-state index contributed by atoms with van der Waals surface area (Å²) < 4.78 is 58.9. The van der Waals surface area contributed by atoms with Gasteiger partial charge in [0.1, 0.15) is 17.3 Å². The number of carbonyl (C=O) groups is 3. The number of hydrogen-bond acceptors (Lipinski definition) is 7. The van der Waals surface area contributed by atoms with E-state index < -0.39 is 65.4 Å². The van der Waals surface area contributed by atoms with Gasteiger partial charge in [-0.1, -0.05) is 15.9 Å². The highest BCUT2D eigenvalue weighted by atomic mass is 79.9. The smallest absolute Gasteiger partial charge is 0.351 e. The van der Waals surface area contributed by atoms with E-state index in [4.69, 9.17) is 19.9 Å². The molecule has 0 aliphatic heterocycles. The Morgan fingerprint density at radius 3 is 2.23 bits per heavy atom. The van der Waals surface area contributed by atoms with Crippen molar-refractivity contribution in [2.24, 2.45) is 11.1 Å². The average Bonchev–Trinajstić information content (AvgIpc) is 3.15. The topological polar surface area (TPSA) is 105 Å². The Bertz CT molecular complexity index is 1310. The minimum atomic E-state index is -1.19. The molecule has 0 fully saturated rings. The summed E-state index contributed by atoms with van der Waals surface area (Å²) in [5, 5.41) is 0.239. The Balaban J connectivity index is 1.93. The summed E-state index contributed by atoms with van der Waals surface area (Å²) in [6.45, 7) is 3.61. The number of ether oxygens (including phenoxy) is 3. The van der Waals surface area contributed by atoms with Gasteiger partial charge in [0.2, 0.25) is 12.7 Å². The van der Waals surface area contributed by atoms with Crippen LogP contribution in [-0.2, 0) is 20.9 Å². The van der Waals surface area contributed by atoms with Crippen molar-refractivity contribution in [1.29, 1.82) is 0 Å². The van der Waals surface area contributed by atoms with E-state index in [9.17, 15) is 27.6 Å². The molecule has 186 valence electrons. The van der Waals surface area contributed by atoms with E-state index in [1.165, 1.54) is 12.1 Å². The number of amides is 1. The standard InChI is InChI=1S/C23H19BrF3NO6S/c1-23(2,3)22(31)34-9-33-21(30)18-11(16-12(24)4-5-13(25)19(16)35-18)8-32-17-14(26)6-10(20(28)29)7-15(17)27/h4-7H,8-9H2,1-3H3,(H2,28,29). The molecule has 0 saturated carbocycles. The van der Waals surface area contributed by atoms with Gasteiger partial charge in [-0.05, 0) is 45.0 Å². The lowest BCUT2D eigenvalue weighted by Crippen LogP contribution is -2.24. The summed E-state index contributed by atoms with van der Waals surface area (Å²) in [6.07, 6.45) is 0. The molecule has 0 bridgehead atoms. The third kappa shape index (κ3) is 5.76. The van der Waals surface area contributed by atoms with Crippen LogP contribution in [0.25, 0.3) is 10.1 Å². The number of primary amides is 1. The quantitative estimate of drug-likeness (QED) is 0.297. The van der Waals surface area contributed by atoms with Crippen molar-refractivity contribution in [3.05, 3.63) is 62.2 Å². The number of benzene rings is 2. The Morgan fingerprint density at radius 2 is 1.66 bits per heavy atom. The molecule has 0 unspecified atom stereocenters. The number of thiophene rings is 1. The molecule has 0 spiro atoms. The molecule has 0 aliphatic rings. The van der Waals surface area contributed by atoms with Crippen LogP contribution in [0.15, 0.2) is 28.7 Å². The van der Waals surface area contributed by atoms with E-state index in [2.05, 4.69) is 15.9 Å². The minimum Gasteiger partial charge on any atom is -0.483 e. The van der Waals surface area contributed by atoms with Gasteiger partial charge >= 0.3 is 11.9 Å². The monoisotopic (exact) mass is 573 g/mol. The normalized spacial score (nSPS) is 11.4. The summed E-state index contributed by atoms with van der Waals surface area (Å²) in [7, 11) is 0. The molecule has 0 aliphatic carbocycles. The second-order valence-electron chi connectivity index (χ2n) is 8.30. The first-order valence-electron chi connectivity index (χ1n) is 9.96. The minimum absolute atomic E-state index is 0.0710. The van der Waals surface area contributed by atoms with E-state index in [0.29, 0.717) is 16.6 Å². The zero-order chi connectivity index (χ0) is 26.1. The molecule has 7 nitrogen and oxygen atoms in total. The Kier molecular flexibility index (Phi) is 7.75. The fourth-order valence-corrected chi connectivity index (χ4v) is 4.73. The molecule has 2 aromatic carbocycles. The summed E-state index contributed by atoms with van der Waals surface area (Å²) in [4.78, 5) is 35.7. The van der Waals surface area contributed by atoms with Crippen molar-refractivity contribution in [3.8, 4) is 5.75 Å². The van der Waals surface area contributed by atoms with Crippen LogP contribution in [0.3, 0.4) is 0 Å². The zero-order valence-electron chi connectivity index (χ0n) is 18.7. The number of carbonyl (C=O) groups excluding carboxylic acids is 3. The maximum Gasteiger partial charge on any atom is 0.351 e. The predicted molar refractivity (Wildman–Crippen MR) is 125 cm³/mol. The molecule has 35 heavy (non-hydrogen) atoms. The average molecular weight is 574 g/mol. The van der Waals surface area contributed by atoms with E-state index in [0.717, 1.165) is 11.3 Å². The van der Waals surface area contributed by atoms with Crippen molar-refractivity contribution in [2.45, 2.75) is 27.4 Å². The molecule has 1 aromatic heterocycles. The molecule has 0 saturated heterocycles. The van der Waals surface area contributed by atoms with Crippen molar-refractivity contribution in [3.63, 3.8) is 0 Å². The molecule has 0 radical (unpaired) electrons. The van der Waals surface area contributed by atoms with Crippen LogP contribution in [0.5, 0.6) is 5.75 Å². The first-order chi connectivity index (χ1) is 16.3. The number of halogens is 4. The van der Waals surface area contributed by atoms with E-state index in [1.807, 2.05) is 0 Å². The molecule has 12 heteroatoms. The number of rotatable bonds is 7. The van der Waals surface area contributed by atoms with Crippen LogP contribution in [-0.4, -0.2) is 24.6 Å². The lowest BCUT2D eigenvalue weighted by Gasteiger charge is -2.16. The van der Waals surface area contributed by atoms with Gasteiger partial charge < -0.3 is 19.9 Å². The van der Waals surface area contributed by atoms with Gasteiger partial charge in [-0.3, -0.25) is 9.59 Å². The molecule has 2 N–H and O–H groups in total. The lowest BCUT2D eigenvalue weighted by atomic mass is 9.98. The number of nitrogens with two attached hydrogens (primary N) is 1. The summed E-state index contributed by atoms with van der Waals surface area (Å²) in [5.74, 6) is -6.44. The Morgan fingerprint density at radius 1 is 1.03 bits per heavy atom. The Labute approximate surface area is 210 Å². The first-order valence-corrected chi connectivity index (χ1v) is 11.6. The van der Waals surface area contributed by atoms with E-state index in [-0.39, 0.29) is 20.5 Å². The molecular formula is C23H19BrF3NO6S. The highest BCUT2D eigenvalue weighted by molar-refractivity contribution is 9.10. The van der Waals surface area contributed by atoms with Gasteiger partial charge in [-0.15, -0.1) is 11.3 Å². The van der Waals surface area contributed by atoms with Crippen molar-refractivity contribution in [1.82, 2.24) is 0 Å². The van der Waals surface area contributed by atoms with Crippen LogP contribution < -0.4 is 10.5 Å². The molecule has 1 amide bonds. The summed E-state index contributed by atoms with van der Waals surface area (Å²) in [5.41, 5.74) is 3.91. The second kappa shape index (κ2) is 10.2. The van der Waals surface area contributed by atoms with Crippen LogP contribution in [0.4, 0.5) is 13.2 Å². The largest absolute Gasteiger partial charge is 0.483 e. The first kappa shape index (κ1) is 26.5. The summed E-state index contributed by atoms with van der Waals surface area (Å²) >= 11 is 4.02. The van der Waals surface area contributed by atoms with Gasteiger partial charge in [-0.2, -0.15) is 0 Å². The fraction of sp³-hybridized carbons (Fsp3) is 0.261. The zero-order valence-corrected chi connectivity index (χ0v) is 21.1. The van der Waals surface area contributed by atoms with Gasteiger partial charge in [0.05, 0.1) is 10.1 Å². The van der Waals surface area contributed by atoms with Crippen molar-refractivity contribution < 1.29 is 41.8 Å². The third-order valence-electron chi connectivity index (χ3n) is 4.66. The Hall–Kier alpha value is -3.12. The summed E-state index contributed by atoms with van der Waals surface area (Å²) in [6, 6.07) is 3.99. The van der Waals surface area contributed by atoms with Gasteiger partial charge in [0, 0.05) is 21.0 Å². The van der Waals surface area contributed by atoms with Crippen molar-refractivity contribution in [2.75, 3.05) is 6.79 Å². The third-order valence-corrected chi connectivity index (χ3v) is 6.54. The molecule has 1 heterocycles. The van der Waals surface area contributed by atoms with Gasteiger partial charge in [-0.25, -0.2) is 18.0 Å². The fourth-order valence-electron chi connectivity index (χ4n) is 2.90. The number of hydrogen-bond donors (Lipinski definition) is 1. The predicted octanol–water partition coefficient (Wildman–Crippen LogP) is 5.46. The van der Waals surface area contributed by atoms with Crippen molar-refractivity contribution >= 4 is 55.2 Å². The number of fused-ring (bicyclic) bond motifs is 1. The van der Waals surface area contributed by atoms with Gasteiger partial charge in [0.15, 0.2) is 17.4 Å². The molecule has 3 aromatic rings. The second-order valence-corrected chi connectivity index (χ2v) is 10.2. The van der Waals surface area contributed by atoms with Crippen LogP contribution in [0.1, 0.15) is 46.4 Å². The van der Waals surface area contributed by atoms with E-state index in [1.54, 1.807) is 20.8 Å². The SMILES string of the molecule is CC(C)(C)C(=O)OCOC(=O)c1sc2c(F)ccc(Br)c2c1COc1c(F)cc(C(N)=O)cc1F. The van der Waals surface area contributed by atoms with Gasteiger partial charge in [0.25, 0.3) is 0 Å². The molecular weight excluding hydrogens is 555 g/mol. The lowest BCUT2D eigenvalue weighted by molar-refractivity contribution is -0.161. The number of esters is 2. The molecule has 0 atom stereocenters. The maximum atomic E-state index is 14.5. The van der Waals surface area contributed by atoms with Crippen LogP contribution in [0, 0.1) is 22.9 Å². The van der Waals surface area contributed by atoms with Crippen LogP contribution in [0.2, 0.25) is 0 Å². The highest BCUT2D eigenvalue weighted by Gasteiger charge is 2.27. The highest BCUT2D eigenvalue weighted by Crippen LogP contribution is 2.39.